The monoisotopic (exact) mass is 229 g/mol. The molecule has 1 saturated carbocycles. The lowest BCUT2D eigenvalue weighted by atomic mass is 9.90. The molecule has 0 amide bonds. The summed E-state index contributed by atoms with van der Waals surface area (Å²) < 4.78 is 4.98. The van der Waals surface area contributed by atoms with E-state index in [1.807, 2.05) is 12.1 Å². The van der Waals surface area contributed by atoms with Crippen molar-refractivity contribution in [2.75, 3.05) is 0 Å². The van der Waals surface area contributed by atoms with Gasteiger partial charge in [-0.05, 0) is 36.8 Å². The molecule has 0 N–H and O–H groups in total. The summed E-state index contributed by atoms with van der Waals surface area (Å²) in [6.07, 6.45) is 8.78. The Morgan fingerprint density at radius 1 is 1.35 bits per heavy atom. The molecule has 2 bridgehead atoms. The maximum Gasteiger partial charge on any atom is 0.308 e. The number of allylic oxidation sites excluding steroid dienone is 2. The molecule has 3 nitrogen and oxygen atoms in total. The minimum Gasteiger partial charge on any atom is -0.425 e. The first-order valence-electron chi connectivity index (χ1n) is 6.05. The summed E-state index contributed by atoms with van der Waals surface area (Å²) in [5.74, 6) is 2.19. The highest BCUT2D eigenvalue weighted by Gasteiger charge is 2.37. The lowest BCUT2D eigenvalue weighted by Crippen LogP contribution is -2.07. The number of carbonyl (C=O) groups is 1. The zero-order valence-electron chi connectivity index (χ0n) is 9.80. The first-order valence-corrected chi connectivity index (χ1v) is 6.05. The maximum absolute atomic E-state index is 10.8. The van der Waals surface area contributed by atoms with Crippen LogP contribution in [0.5, 0.6) is 5.75 Å². The number of hydrogen-bond acceptors (Lipinski definition) is 3. The average molecular weight is 229 g/mol. The average Bonchev–Trinajstić information content (AvgIpc) is 2.91. The van der Waals surface area contributed by atoms with E-state index < -0.39 is 0 Å². The molecule has 0 aliphatic heterocycles. The van der Waals surface area contributed by atoms with Gasteiger partial charge in [-0.1, -0.05) is 12.2 Å². The predicted molar refractivity (Wildman–Crippen MR) is 63.6 cm³/mol. The standard InChI is InChI=1S/C14H15NO2/c1-9(16)17-12-4-5-14(15-8-12)13-7-10-2-3-11(13)6-10/h2-5,8,10-11,13H,6-7H2,1H3. The quantitative estimate of drug-likeness (QED) is 0.578. The molecule has 88 valence electrons. The number of carbonyl (C=O) groups excluding carboxylic acids is 1. The Morgan fingerprint density at radius 2 is 2.24 bits per heavy atom. The van der Waals surface area contributed by atoms with Crippen molar-refractivity contribution in [2.45, 2.75) is 25.7 Å². The number of fused-ring (bicyclic) bond motifs is 2. The molecular weight excluding hydrogens is 214 g/mol. The lowest BCUT2D eigenvalue weighted by molar-refractivity contribution is -0.131. The number of aromatic nitrogens is 1. The molecule has 2 aliphatic rings. The van der Waals surface area contributed by atoms with Crippen LogP contribution < -0.4 is 4.74 Å². The molecule has 3 heteroatoms. The second kappa shape index (κ2) is 3.99. The molecule has 0 saturated heterocycles. The van der Waals surface area contributed by atoms with Crippen LogP contribution >= 0.6 is 0 Å². The van der Waals surface area contributed by atoms with Gasteiger partial charge in [0.05, 0.1) is 6.20 Å². The molecule has 3 rings (SSSR count). The van der Waals surface area contributed by atoms with E-state index in [1.165, 1.54) is 19.8 Å². The molecule has 1 heterocycles. The van der Waals surface area contributed by atoms with Gasteiger partial charge < -0.3 is 4.74 Å². The highest BCUT2D eigenvalue weighted by molar-refractivity contribution is 5.69. The molecule has 1 aromatic heterocycles. The molecule has 0 spiro atoms. The van der Waals surface area contributed by atoms with Gasteiger partial charge in [-0.25, -0.2) is 0 Å². The third-order valence-electron chi connectivity index (χ3n) is 3.68. The number of esters is 1. The third kappa shape index (κ3) is 1.97. The van der Waals surface area contributed by atoms with E-state index in [4.69, 9.17) is 4.74 Å². The van der Waals surface area contributed by atoms with Crippen LogP contribution in [0.4, 0.5) is 0 Å². The lowest BCUT2D eigenvalue weighted by Gasteiger charge is -2.17. The molecule has 3 atom stereocenters. The SMILES string of the molecule is CC(=O)Oc1ccc(C2CC3C=CC2C3)nc1. The van der Waals surface area contributed by atoms with Crippen molar-refractivity contribution in [3.63, 3.8) is 0 Å². The van der Waals surface area contributed by atoms with Gasteiger partial charge in [0.25, 0.3) is 0 Å². The highest BCUT2D eigenvalue weighted by Crippen LogP contribution is 2.48. The molecule has 3 unspecified atom stereocenters. The Labute approximate surface area is 101 Å². The van der Waals surface area contributed by atoms with E-state index in [-0.39, 0.29) is 5.97 Å². The first-order chi connectivity index (χ1) is 8.22. The van der Waals surface area contributed by atoms with Gasteiger partial charge in [-0.15, -0.1) is 0 Å². The van der Waals surface area contributed by atoms with E-state index in [0.717, 1.165) is 11.6 Å². The van der Waals surface area contributed by atoms with Gasteiger partial charge in [-0.2, -0.15) is 0 Å². The van der Waals surface area contributed by atoms with Crippen LogP contribution in [0.2, 0.25) is 0 Å². The summed E-state index contributed by atoms with van der Waals surface area (Å²) in [7, 11) is 0. The summed E-state index contributed by atoms with van der Waals surface area (Å²) >= 11 is 0. The molecule has 0 radical (unpaired) electrons. The van der Waals surface area contributed by atoms with Gasteiger partial charge >= 0.3 is 5.97 Å². The van der Waals surface area contributed by atoms with E-state index in [1.54, 1.807) is 6.20 Å². The second-order valence-corrected chi connectivity index (χ2v) is 4.90. The van der Waals surface area contributed by atoms with Crippen molar-refractivity contribution in [3.05, 3.63) is 36.2 Å². The second-order valence-electron chi connectivity index (χ2n) is 4.90. The van der Waals surface area contributed by atoms with Crippen molar-refractivity contribution >= 4 is 5.97 Å². The molecule has 0 aromatic carbocycles. The third-order valence-corrected chi connectivity index (χ3v) is 3.68. The topological polar surface area (TPSA) is 39.2 Å². The molecule has 17 heavy (non-hydrogen) atoms. The predicted octanol–water partition coefficient (Wildman–Crippen LogP) is 2.69. The Morgan fingerprint density at radius 3 is 2.76 bits per heavy atom. The van der Waals surface area contributed by atoms with Crippen molar-refractivity contribution < 1.29 is 9.53 Å². The number of hydrogen-bond donors (Lipinski definition) is 0. The Bertz CT molecular complexity index is 464. The summed E-state index contributed by atoms with van der Waals surface area (Å²) in [5.41, 5.74) is 1.12. The van der Waals surface area contributed by atoms with Crippen LogP contribution in [-0.2, 0) is 4.79 Å². The van der Waals surface area contributed by atoms with Crippen LogP contribution in [0.1, 0.15) is 31.4 Å². The van der Waals surface area contributed by atoms with Crippen LogP contribution in [0.3, 0.4) is 0 Å². The maximum atomic E-state index is 10.8. The number of pyridine rings is 1. The molecule has 1 fully saturated rings. The number of nitrogens with zero attached hydrogens (tertiary/aromatic N) is 1. The van der Waals surface area contributed by atoms with Gasteiger partial charge in [0, 0.05) is 18.5 Å². The van der Waals surface area contributed by atoms with Gasteiger partial charge in [0.15, 0.2) is 0 Å². The highest BCUT2D eigenvalue weighted by atomic mass is 16.5. The summed E-state index contributed by atoms with van der Waals surface area (Å²) in [5, 5.41) is 0. The largest absolute Gasteiger partial charge is 0.425 e. The van der Waals surface area contributed by atoms with E-state index in [9.17, 15) is 4.79 Å². The smallest absolute Gasteiger partial charge is 0.308 e. The summed E-state index contributed by atoms with van der Waals surface area (Å²) in [6, 6.07) is 3.82. The van der Waals surface area contributed by atoms with E-state index >= 15 is 0 Å². The van der Waals surface area contributed by atoms with Gasteiger partial charge in [0.2, 0.25) is 0 Å². The van der Waals surface area contributed by atoms with E-state index in [2.05, 4.69) is 17.1 Å². The normalized spacial score (nSPS) is 29.6. The first kappa shape index (κ1) is 10.5. The zero-order valence-corrected chi connectivity index (χ0v) is 9.80. The van der Waals surface area contributed by atoms with Gasteiger partial charge in [0.1, 0.15) is 5.75 Å². The van der Waals surface area contributed by atoms with Crippen LogP contribution in [-0.4, -0.2) is 11.0 Å². The Kier molecular flexibility index (Phi) is 2.46. The fraction of sp³-hybridized carbons (Fsp3) is 0.429. The van der Waals surface area contributed by atoms with Crippen molar-refractivity contribution in [2.24, 2.45) is 11.8 Å². The van der Waals surface area contributed by atoms with Crippen molar-refractivity contribution in [1.82, 2.24) is 4.98 Å². The van der Waals surface area contributed by atoms with Crippen molar-refractivity contribution in [3.8, 4) is 5.75 Å². The minimum absolute atomic E-state index is 0.303. The molecular formula is C14H15NO2. The Hall–Kier alpha value is -1.64. The molecule has 2 aliphatic carbocycles. The van der Waals surface area contributed by atoms with Crippen LogP contribution in [0, 0.1) is 11.8 Å². The minimum atomic E-state index is -0.303. The number of rotatable bonds is 2. The molecule has 1 aromatic rings. The van der Waals surface area contributed by atoms with Crippen LogP contribution in [0.25, 0.3) is 0 Å². The fourth-order valence-corrected chi connectivity index (χ4v) is 2.96. The van der Waals surface area contributed by atoms with Crippen LogP contribution in [0.15, 0.2) is 30.5 Å². The summed E-state index contributed by atoms with van der Waals surface area (Å²) in [6.45, 7) is 1.40. The fourth-order valence-electron chi connectivity index (χ4n) is 2.96. The van der Waals surface area contributed by atoms with E-state index in [0.29, 0.717) is 17.6 Å². The zero-order chi connectivity index (χ0) is 11.8. The number of ether oxygens (including phenoxy) is 1. The van der Waals surface area contributed by atoms with Crippen molar-refractivity contribution in [1.29, 1.82) is 0 Å². The Balaban J connectivity index is 1.76. The summed E-state index contributed by atoms with van der Waals surface area (Å²) in [4.78, 5) is 15.2. The van der Waals surface area contributed by atoms with Gasteiger partial charge in [-0.3, -0.25) is 9.78 Å².